The molecule has 0 amide bonds. The monoisotopic (exact) mass is 294 g/mol. The zero-order valence-corrected chi connectivity index (χ0v) is 11.9. The van der Waals surface area contributed by atoms with Crippen LogP contribution in [-0.4, -0.2) is 64.4 Å². The second-order valence-electron chi connectivity index (χ2n) is 5.16. The summed E-state index contributed by atoms with van der Waals surface area (Å²) in [5.41, 5.74) is 5.93. The van der Waals surface area contributed by atoms with E-state index in [0.29, 0.717) is 18.8 Å². The lowest BCUT2D eigenvalue weighted by Crippen LogP contribution is -2.45. The number of aromatic amines is 1. The zero-order valence-electron chi connectivity index (χ0n) is 11.9. The molecule has 9 heteroatoms. The number of anilines is 1. The van der Waals surface area contributed by atoms with Crippen molar-refractivity contribution in [2.24, 2.45) is 0 Å². The number of imidazole rings is 1. The number of nitrogen functional groups attached to an aromatic ring is 1. The van der Waals surface area contributed by atoms with Crippen molar-refractivity contribution in [2.45, 2.75) is 12.3 Å². The minimum atomic E-state index is -0.353. The maximum atomic E-state index is 11.8. The molecule has 114 valence electrons. The molecule has 1 fully saturated rings. The van der Waals surface area contributed by atoms with Crippen molar-refractivity contribution in [2.75, 3.05) is 39.6 Å². The maximum absolute atomic E-state index is 11.8. The number of H-pyrrole nitrogens is 1. The van der Waals surface area contributed by atoms with Crippen molar-refractivity contribution in [1.29, 1.82) is 0 Å². The van der Waals surface area contributed by atoms with Crippen LogP contribution in [0.25, 0.3) is 11.2 Å². The molecule has 0 bridgehead atoms. The molecule has 2 aromatic heterocycles. The second-order valence-corrected chi connectivity index (χ2v) is 5.16. The number of nitrogens with two attached hydrogens (primary N) is 1. The minimum absolute atomic E-state index is 0.0458. The molecule has 1 aliphatic heterocycles. The highest BCUT2D eigenvalue weighted by molar-refractivity contribution is 5.70. The molecule has 9 nitrogen and oxygen atoms in total. The molecule has 3 heterocycles. The van der Waals surface area contributed by atoms with Crippen LogP contribution >= 0.6 is 0 Å². The SMILES string of the molecule is COCC1CN(C)CC(n2cnc3c(=O)[nH]c(N)nc32)O1. The molecule has 0 radical (unpaired) electrons. The molecule has 1 aliphatic rings. The van der Waals surface area contributed by atoms with Crippen LogP contribution in [0.3, 0.4) is 0 Å². The lowest BCUT2D eigenvalue weighted by Gasteiger charge is -2.36. The van der Waals surface area contributed by atoms with Gasteiger partial charge in [0.15, 0.2) is 11.2 Å². The van der Waals surface area contributed by atoms with Gasteiger partial charge in [-0.2, -0.15) is 4.98 Å². The van der Waals surface area contributed by atoms with Gasteiger partial charge in [-0.05, 0) is 7.05 Å². The predicted octanol–water partition coefficient (Wildman–Crippen LogP) is -0.823. The van der Waals surface area contributed by atoms with Crippen LogP contribution in [0, 0.1) is 0 Å². The zero-order chi connectivity index (χ0) is 15.0. The minimum Gasteiger partial charge on any atom is -0.382 e. The molecule has 2 aromatic rings. The smallest absolute Gasteiger partial charge is 0.280 e. The summed E-state index contributed by atoms with van der Waals surface area (Å²) in [4.78, 5) is 24.6. The first-order valence-electron chi connectivity index (χ1n) is 6.63. The molecule has 21 heavy (non-hydrogen) atoms. The molecule has 3 rings (SSSR count). The molecule has 2 unspecified atom stereocenters. The van der Waals surface area contributed by atoms with E-state index in [0.717, 1.165) is 6.54 Å². The summed E-state index contributed by atoms with van der Waals surface area (Å²) in [6.07, 6.45) is 1.22. The fourth-order valence-electron chi connectivity index (χ4n) is 2.58. The summed E-state index contributed by atoms with van der Waals surface area (Å²) in [5.74, 6) is 0.0619. The Kier molecular flexibility index (Phi) is 3.62. The van der Waals surface area contributed by atoms with Crippen molar-refractivity contribution >= 4 is 17.1 Å². The molecule has 0 aliphatic carbocycles. The number of ether oxygens (including phenoxy) is 2. The fraction of sp³-hybridized carbons (Fsp3) is 0.583. The van der Waals surface area contributed by atoms with Gasteiger partial charge in [-0.25, -0.2) is 4.98 Å². The lowest BCUT2D eigenvalue weighted by atomic mass is 10.3. The average Bonchev–Trinajstić information content (AvgIpc) is 2.82. The highest BCUT2D eigenvalue weighted by Gasteiger charge is 2.28. The average molecular weight is 294 g/mol. The van der Waals surface area contributed by atoms with E-state index in [9.17, 15) is 4.79 Å². The summed E-state index contributed by atoms with van der Waals surface area (Å²) in [5, 5.41) is 0. The second kappa shape index (κ2) is 5.43. The third kappa shape index (κ3) is 2.62. The number of nitrogens with one attached hydrogen (secondary N) is 1. The van der Waals surface area contributed by atoms with E-state index in [2.05, 4.69) is 19.9 Å². The van der Waals surface area contributed by atoms with Gasteiger partial charge < -0.3 is 15.2 Å². The van der Waals surface area contributed by atoms with Crippen LogP contribution in [0.15, 0.2) is 11.1 Å². The number of aromatic nitrogens is 4. The number of fused-ring (bicyclic) bond motifs is 1. The van der Waals surface area contributed by atoms with E-state index in [4.69, 9.17) is 15.2 Å². The van der Waals surface area contributed by atoms with Gasteiger partial charge in [0.25, 0.3) is 5.56 Å². The summed E-state index contributed by atoms with van der Waals surface area (Å²) < 4.78 is 12.9. The molecule has 0 spiro atoms. The summed E-state index contributed by atoms with van der Waals surface area (Å²) >= 11 is 0. The van der Waals surface area contributed by atoms with E-state index in [1.165, 1.54) is 0 Å². The van der Waals surface area contributed by atoms with Crippen molar-refractivity contribution < 1.29 is 9.47 Å². The van der Waals surface area contributed by atoms with Gasteiger partial charge >= 0.3 is 0 Å². The number of hydrogen-bond acceptors (Lipinski definition) is 7. The number of rotatable bonds is 3. The van der Waals surface area contributed by atoms with E-state index in [1.807, 2.05) is 7.05 Å². The Morgan fingerprint density at radius 2 is 2.38 bits per heavy atom. The van der Waals surface area contributed by atoms with E-state index < -0.39 is 0 Å². The van der Waals surface area contributed by atoms with Crippen LogP contribution < -0.4 is 11.3 Å². The van der Waals surface area contributed by atoms with Gasteiger partial charge in [-0.1, -0.05) is 0 Å². The number of likely N-dealkylation sites (N-methyl/N-ethyl adjacent to an activating group) is 1. The number of nitrogens with zero attached hydrogens (tertiary/aromatic N) is 4. The van der Waals surface area contributed by atoms with Gasteiger partial charge in [0, 0.05) is 20.2 Å². The molecule has 2 atom stereocenters. The third-order valence-corrected chi connectivity index (χ3v) is 3.45. The molecule has 1 saturated heterocycles. The van der Waals surface area contributed by atoms with Crippen LogP contribution in [-0.2, 0) is 9.47 Å². The van der Waals surface area contributed by atoms with Crippen molar-refractivity contribution in [3.8, 4) is 0 Å². The Hall–Kier alpha value is -1.97. The van der Waals surface area contributed by atoms with Crippen LogP contribution in [0.1, 0.15) is 6.23 Å². The molecular formula is C12H18N6O3. The quantitative estimate of drug-likeness (QED) is 0.760. The van der Waals surface area contributed by atoms with E-state index in [-0.39, 0.29) is 29.4 Å². The molecule has 3 N–H and O–H groups in total. The van der Waals surface area contributed by atoms with Crippen molar-refractivity contribution in [3.05, 3.63) is 16.7 Å². The predicted molar refractivity (Wildman–Crippen MR) is 75.8 cm³/mol. The normalized spacial score (nSPS) is 23.7. The lowest BCUT2D eigenvalue weighted by molar-refractivity contribution is -0.132. The first-order valence-corrected chi connectivity index (χ1v) is 6.63. The first-order chi connectivity index (χ1) is 10.1. The highest BCUT2D eigenvalue weighted by Crippen LogP contribution is 2.22. The number of methoxy groups -OCH3 is 1. The third-order valence-electron chi connectivity index (χ3n) is 3.45. The van der Waals surface area contributed by atoms with E-state index in [1.54, 1.807) is 18.0 Å². The topological polar surface area (TPSA) is 111 Å². The van der Waals surface area contributed by atoms with Crippen LogP contribution in [0.5, 0.6) is 0 Å². The largest absolute Gasteiger partial charge is 0.382 e. The molecular weight excluding hydrogens is 276 g/mol. The Balaban J connectivity index is 1.98. The van der Waals surface area contributed by atoms with Crippen LogP contribution in [0.2, 0.25) is 0 Å². The number of morpholine rings is 1. The Morgan fingerprint density at radius 3 is 3.14 bits per heavy atom. The maximum Gasteiger partial charge on any atom is 0.280 e. The Labute approximate surface area is 120 Å². The fourth-order valence-corrected chi connectivity index (χ4v) is 2.58. The van der Waals surface area contributed by atoms with Gasteiger partial charge in [-0.15, -0.1) is 0 Å². The Morgan fingerprint density at radius 1 is 1.57 bits per heavy atom. The standard InChI is InChI=1S/C12H18N6O3/c1-17-3-7(5-20-2)21-8(4-17)18-6-14-9-10(18)15-12(13)16-11(9)19/h6-8H,3-5H2,1-2H3,(H3,13,15,16,19). The van der Waals surface area contributed by atoms with Gasteiger partial charge in [0.1, 0.15) is 6.23 Å². The van der Waals surface area contributed by atoms with Gasteiger partial charge in [-0.3, -0.25) is 19.2 Å². The van der Waals surface area contributed by atoms with Crippen LogP contribution in [0.4, 0.5) is 5.95 Å². The summed E-state index contributed by atoms with van der Waals surface area (Å²) in [7, 11) is 3.65. The summed E-state index contributed by atoms with van der Waals surface area (Å²) in [6, 6.07) is 0. The highest BCUT2D eigenvalue weighted by atomic mass is 16.5. The Bertz CT molecular complexity index is 696. The van der Waals surface area contributed by atoms with Gasteiger partial charge in [0.05, 0.1) is 19.0 Å². The molecule has 0 aromatic carbocycles. The number of hydrogen-bond donors (Lipinski definition) is 2. The summed E-state index contributed by atoms with van der Waals surface area (Å²) in [6.45, 7) is 1.96. The van der Waals surface area contributed by atoms with Gasteiger partial charge in [0.2, 0.25) is 5.95 Å². The van der Waals surface area contributed by atoms with Crippen molar-refractivity contribution in [3.63, 3.8) is 0 Å². The van der Waals surface area contributed by atoms with Crippen molar-refractivity contribution in [1.82, 2.24) is 24.4 Å². The molecule has 0 saturated carbocycles. The van der Waals surface area contributed by atoms with E-state index >= 15 is 0 Å². The first kappa shape index (κ1) is 14.0.